The lowest BCUT2D eigenvalue weighted by molar-refractivity contribution is -0.122. The van der Waals surface area contributed by atoms with Crippen molar-refractivity contribution in [3.05, 3.63) is 81.5 Å². The van der Waals surface area contributed by atoms with Gasteiger partial charge in [0, 0.05) is 43.6 Å². The van der Waals surface area contributed by atoms with E-state index in [1.54, 1.807) is 6.08 Å². The number of fused-ring (bicyclic) bond motifs is 2. The number of rotatable bonds is 8. The topological polar surface area (TPSA) is 104 Å². The van der Waals surface area contributed by atoms with Crippen molar-refractivity contribution in [1.82, 2.24) is 15.2 Å². The van der Waals surface area contributed by atoms with Gasteiger partial charge in [-0.25, -0.2) is 13.4 Å². The summed E-state index contributed by atoms with van der Waals surface area (Å²) in [6.45, 7) is 5.96. The van der Waals surface area contributed by atoms with Crippen molar-refractivity contribution in [2.75, 3.05) is 26.3 Å². The third-order valence-corrected chi connectivity index (χ3v) is 9.59. The van der Waals surface area contributed by atoms with Crippen LogP contribution in [0.4, 0.5) is 0 Å². The van der Waals surface area contributed by atoms with Crippen molar-refractivity contribution in [3.63, 3.8) is 0 Å². The van der Waals surface area contributed by atoms with Crippen molar-refractivity contribution in [2.45, 2.75) is 49.9 Å². The van der Waals surface area contributed by atoms with Crippen LogP contribution in [0.5, 0.6) is 0 Å². The normalized spacial score (nSPS) is 20.6. The first-order chi connectivity index (χ1) is 18.8. The minimum Gasteiger partial charge on any atom is -0.379 e. The monoisotopic (exact) mass is 546 g/mol. The minimum absolute atomic E-state index is 0.0349. The van der Waals surface area contributed by atoms with Gasteiger partial charge in [-0.1, -0.05) is 30.3 Å². The molecule has 8 nitrogen and oxygen atoms in total. The van der Waals surface area contributed by atoms with Gasteiger partial charge in [-0.15, -0.1) is 0 Å². The number of hydrogen-bond donors (Lipinski definition) is 2. The fourth-order valence-electron chi connectivity index (χ4n) is 5.78. The van der Waals surface area contributed by atoms with Crippen molar-refractivity contribution < 1.29 is 17.9 Å². The van der Waals surface area contributed by atoms with Crippen LogP contribution in [0.2, 0.25) is 0 Å². The number of sulfone groups is 1. The van der Waals surface area contributed by atoms with E-state index in [1.807, 2.05) is 36.4 Å². The van der Waals surface area contributed by atoms with E-state index in [4.69, 9.17) is 4.74 Å². The number of ether oxygens (including phenoxy) is 1. The van der Waals surface area contributed by atoms with E-state index in [1.165, 1.54) is 16.7 Å². The highest BCUT2D eigenvalue weighted by atomic mass is 32.2. The van der Waals surface area contributed by atoms with Crippen molar-refractivity contribution >= 4 is 21.8 Å². The van der Waals surface area contributed by atoms with Gasteiger partial charge in [0.05, 0.1) is 18.4 Å². The van der Waals surface area contributed by atoms with Gasteiger partial charge in [0.1, 0.15) is 5.49 Å². The van der Waals surface area contributed by atoms with Crippen LogP contribution in [0, 0.1) is 6.92 Å². The second-order valence-corrected chi connectivity index (χ2v) is 12.9. The lowest BCUT2D eigenvalue weighted by atomic mass is 9.92. The molecule has 0 bridgehead atoms. The van der Waals surface area contributed by atoms with Crippen LogP contribution < -0.4 is 16.0 Å². The molecule has 0 radical (unpaired) electrons. The van der Waals surface area contributed by atoms with Gasteiger partial charge in [0.15, 0.2) is 15.2 Å². The number of nitrogens with zero attached hydrogens (tertiary/aromatic N) is 2. The summed E-state index contributed by atoms with van der Waals surface area (Å²) in [4.78, 5) is 22.6. The first-order valence-corrected chi connectivity index (χ1v) is 15.3. The van der Waals surface area contributed by atoms with E-state index in [0.717, 1.165) is 61.1 Å². The number of aryl methyl sites for hydroxylation is 1. The summed E-state index contributed by atoms with van der Waals surface area (Å²) < 4.78 is 31.3. The molecule has 1 aromatic heterocycles. The number of aromatic nitrogens is 1. The Bertz CT molecular complexity index is 1570. The minimum atomic E-state index is -3.45. The Labute approximate surface area is 228 Å². The lowest BCUT2D eigenvalue weighted by Crippen LogP contribution is -2.38. The maximum Gasteiger partial charge on any atom is 0.221 e. The fraction of sp³-hybridized carbons (Fsp3) is 0.400. The van der Waals surface area contributed by atoms with Crippen LogP contribution in [-0.2, 0) is 38.1 Å². The Kier molecular flexibility index (Phi) is 7.14. The van der Waals surface area contributed by atoms with E-state index in [0.29, 0.717) is 18.5 Å². The number of benzene rings is 2. The summed E-state index contributed by atoms with van der Waals surface area (Å²) in [6.07, 6.45) is 4.08. The number of carbonyl (C=O) groups is 1. The molecule has 1 saturated heterocycles. The molecule has 3 aromatic rings. The zero-order valence-electron chi connectivity index (χ0n) is 22.2. The molecule has 1 fully saturated rings. The largest absolute Gasteiger partial charge is 0.379 e. The third-order valence-electron chi connectivity index (χ3n) is 7.88. The standard InChI is InChI=1S/C30H34N4O4S/c1-20-13-22(14-24-17-34(10-7-26(20)24)11-8-28(35)31-25-9-12-38-18-25)27-15-23-16-29(33-30(23)32-27)39(36,37)19-21-5-3-2-4-6-21/h2-6,13-16,25,29H,7-12,17-19H2,1H3,(H,31,35)(H,32,33). The SMILES string of the molecule is Cc1cc(-c2cc3c([nH]2)=NC(S(=O)(=O)Cc2ccccc2)C=3)cc2c1CCN(CCC(=O)NC1CCOC1)C2. The number of H-pyrrole nitrogens is 1. The van der Waals surface area contributed by atoms with Gasteiger partial charge < -0.3 is 15.0 Å². The van der Waals surface area contributed by atoms with E-state index < -0.39 is 15.2 Å². The lowest BCUT2D eigenvalue weighted by Gasteiger charge is -2.30. The molecule has 4 heterocycles. The number of nitrogens with one attached hydrogen (secondary N) is 2. The summed E-state index contributed by atoms with van der Waals surface area (Å²) in [6, 6.07) is 15.8. The summed E-state index contributed by atoms with van der Waals surface area (Å²) >= 11 is 0. The molecule has 0 aliphatic carbocycles. The molecule has 0 spiro atoms. The molecule has 2 aromatic carbocycles. The summed E-state index contributed by atoms with van der Waals surface area (Å²) in [5, 5.41) is 3.03. The Hall–Kier alpha value is -3.27. The predicted octanol–water partition coefficient (Wildman–Crippen LogP) is 2.00. The number of hydrogen-bond acceptors (Lipinski definition) is 6. The Morgan fingerprint density at radius 3 is 2.82 bits per heavy atom. The molecule has 6 rings (SSSR count). The van der Waals surface area contributed by atoms with Crippen LogP contribution in [0.3, 0.4) is 0 Å². The maximum absolute atomic E-state index is 13.0. The highest BCUT2D eigenvalue weighted by Gasteiger charge is 2.27. The van der Waals surface area contributed by atoms with E-state index in [2.05, 4.69) is 39.2 Å². The average Bonchev–Trinajstić information content (AvgIpc) is 3.65. The molecule has 1 amide bonds. The fourth-order valence-corrected chi connectivity index (χ4v) is 7.22. The average molecular weight is 547 g/mol. The molecule has 204 valence electrons. The zero-order valence-corrected chi connectivity index (χ0v) is 23.0. The van der Waals surface area contributed by atoms with Gasteiger partial charge in [-0.05, 0) is 71.9 Å². The van der Waals surface area contributed by atoms with Crippen LogP contribution in [-0.4, -0.2) is 61.9 Å². The highest BCUT2D eigenvalue weighted by molar-refractivity contribution is 7.91. The third kappa shape index (κ3) is 5.71. The zero-order chi connectivity index (χ0) is 27.0. The van der Waals surface area contributed by atoms with Crippen LogP contribution in [0.25, 0.3) is 17.3 Å². The Morgan fingerprint density at radius 1 is 1.21 bits per heavy atom. The smallest absolute Gasteiger partial charge is 0.221 e. The number of amides is 1. The summed E-state index contributed by atoms with van der Waals surface area (Å²) in [7, 11) is -3.45. The Balaban J connectivity index is 1.14. The van der Waals surface area contributed by atoms with Crippen LogP contribution in [0.15, 0.2) is 53.5 Å². The van der Waals surface area contributed by atoms with Gasteiger partial charge in [-0.2, -0.15) is 0 Å². The first-order valence-electron chi connectivity index (χ1n) is 13.6. The molecular formula is C30H34N4O4S. The molecular weight excluding hydrogens is 512 g/mol. The van der Waals surface area contributed by atoms with Crippen molar-refractivity contribution in [2.24, 2.45) is 4.99 Å². The first kappa shape index (κ1) is 26.0. The number of aromatic amines is 1. The van der Waals surface area contributed by atoms with Crippen molar-refractivity contribution in [1.29, 1.82) is 0 Å². The second-order valence-electron chi connectivity index (χ2n) is 10.8. The van der Waals surface area contributed by atoms with Crippen LogP contribution >= 0.6 is 0 Å². The van der Waals surface area contributed by atoms with E-state index in [9.17, 15) is 13.2 Å². The molecule has 2 atom stereocenters. The summed E-state index contributed by atoms with van der Waals surface area (Å²) in [5.41, 5.74) is 7.28. The molecule has 0 saturated carbocycles. The summed E-state index contributed by atoms with van der Waals surface area (Å²) in [5.74, 6) is 0.0542. The number of carbonyl (C=O) groups excluding carboxylic acids is 1. The van der Waals surface area contributed by atoms with Gasteiger partial charge >= 0.3 is 0 Å². The predicted molar refractivity (Wildman–Crippen MR) is 150 cm³/mol. The highest BCUT2D eigenvalue weighted by Crippen LogP contribution is 2.28. The molecule has 3 aliphatic heterocycles. The molecule has 39 heavy (non-hydrogen) atoms. The van der Waals surface area contributed by atoms with Crippen molar-refractivity contribution in [3.8, 4) is 11.3 Å². The molecule has 9 heteroatoms. The Morgan fingerprint density at radius 2 is 2.05 bits per heavy atom. The molecule has 3 aliphatic rings. The van der Waals surface area contributed by atoms with Gasteiger partial charge in [0.2, 0.25) is 5.91 Å². The van der Waals surface area contributed by atoms with Gasteiger partial charge in [-0.3, -0.25) is 9.69 Å². The molecule has 2 unspecified atom stereocenters. The van der Waals surface area contributed by atoms with E-state index >= 15 is 0 Å². The van der Waals surface area contributed by atoms with Crippen LogP contribution in [0.1, 0.15) is 35.1 Å². The quantitative estimate of drug-likeness (QED) is 0.450. The maximum atomic E-state index is 13.0. The second kappa shape index (κ2) is 10.7. The van der Waals surface area contributed by atoms with Gasteiger partial charge in [0.25, 0.3) is 0 Å². The van der Waals surface area contributed by atoms with E-state index in [-0.39, 0.29) is 17.7 Å². The molecule has 2 N–H and O–H groups in total.